The Balaban J connectivity index is 1.44. The molecule has 0 atom stereocenters. The second kappa shape index (κ2) is 8.03. The quantitative estimate of drug-likeness (QED) is 0.543. The molecule has 5 heteroatoms. The van der Waals surface area contributed by atoms with Crippen molar-refractivity contribution >= 4 is 27.5 Å². The smallest absolute Gasteiger partial charge is 0.227 e. The van der Waals surface area contributed by atoms with E-state index in [4.69, 9.17) is 5.26 Å². The average molecular weight is 383 g/mol. The van der Waals surface area contributed by atoms with Crippen LogP contribution in [0.5, 0.6) is 0 Å². The van der Waals surface area contributed by atoms with E-state index in [-0.39, 0.29) is 12.3 Å². The van der Waals surface area contributed by atoms with E-state index in [1.165, 1.54) is 0 Å². The van der Waals surface area contributed by atoms with Crippen molar-refractivity contribution in [1.29, 1.82) is 5.26 Å². The number of fused-ring (bicyclic) bond motifs is 1. The van der Waals surface area contributed by atoms with Gasteiger partial charge >= 0.3 is 0 Å². The molecule has 0 saturated carbocycles. The number of nitrogens with zero attached hydrogens (tertiary/aromatic N) is 2. The molecule has 1 heterocycles. The Kier molecular flexibility index (Phi) is 5.14. The molecule has 0 aliphatic rings. The Bertz CT molecular complexity index is 1180. The topological polar surface area (TPSA) is 65.8 Å². The molecule has 4 nitrogen and oxygen atoms in total. The van der Waals surface area contributed by atoms with Crippen molar-refractivity contribution in [1.82, 2.24) is 10.3 Å². The molecule has 0 fully saturated rings. The van der Waals surface area contributed by atoms with Crippen LogP contribution in [0.2, 0.25) is 0 Å². The molecule has 1 amide bonds. The van der Waals surface area contributed by atoms with Crippen molar-refractivity contribution in [3.63, 3.8) is 0 Å². The molecule has 0 bridgehead atoms. The first-order chi connectivity index (χ1) is 13.7. The van der Waals surface area contributed by atoms with E-state index in [0.29, 0.717) is 12.1 Å². The van der Waals surface area contributed by atoms with E-state index in [1.807, 2.05) is 36.4 Å². The fraction of sp³-hybridized carbons (Fsp3) is 0.0870. The monoisotopic (exact) mass is 383 g/mol. The number of thiazole rings is 1. The summed E-state index contributed by atoms with van der Waals surface area (Å²) in [4.78, 5) is 16.9. The van der Waals surface area contributed by atoms with Crippen molar-refractivity contribution < 1.29 is 4.79 Å². The standard InChI is InChI=1S/C23H17N3OS/c24-14-16-5-4-6-17(11-16)15-25-22(27)13-23-26-20-10-9-19(12-21(20)28-23)18-7-2-1-3-8-18/h1-12H,13,15H2,(H,25,27). The minimum Gasteiger partial charge on any atom is -0.352 e. The molecule has 1 N–H and O–H groups in total. The number of amides is 1. The number of hydrogen-bond donors (Lipinski definition) is 1. The lowest BCUT2D eigenvalue weighted by molar-refractivity contribution is -0.120. The van der Waals surface area contributed by atoms with Gasteiger partial charge in [-0.25, -0.2) is 4.98 Å². The molecule has 0 aliphatic carbocycles. The maximum Gasteiger partial charge on any atom is 0.227 e. The van der Waals surface area contributed by atoms with Gasteiger partial charge in [0.05, 0.1) is 28.3 Å². The molecule has 0 unspecified atom stereocenters. The van der Waals surface area contributed by atoms with Gasteiger partial charge in [0, 0.05) is 6.54 Å². The molecular weight excluding hydrogens is 366 g/mol. The van der Waals surface area contributed by atoms with Crippen molar-refractivity contribution in [2.75, 3.05) is 0 Å². The van der Waals surface area contributed by atoms with Crippen LogP contribution in [0.4, 0.5) is 0 Å². The van der Waals surface area contributed by atoms with Gasteiger partial charge in [-0.15, -0.1) is 11.3 Å². The Morgan fingerprint density at radius 1 is 1.00 bits per heavy atom. The van der Waals surface area contributed by atoms with Gasteiger partial charge in [0.1, 0.15) is 5.01 Å². The van der Waals surface area contributed by atoms with Crippen LogP contribution < -0.4 is 5.32 Å². The Morgan fingerprint density at radius 2 is 1.86 bits per heavy atom. The molecule has 136 valence electrons. The van der Waals surface area contributed by atoms with Crippen LogP contribution in [0, 0.1) is 11.3 Å². The first kappa shape index (κ1) is 17.9. The van der Waals surface area contributed by atoms with Crippen LogP contribution in [0.3, 0.4) is 0 Å². The van der Waals surface area contributed by atoms with Crippen LogP contribution in [-0.4, -0.2) is 10.9 Å². The van der Waals surface area contributed by atoms with E-state index in [0.717, 1.165) is 31.9 Å². The second-order valence-electron chi connectivity index (χ2n) is 6.42. The number of rotatable bonds is 5. The fourth-order valence-corrected chi connectivity index (χ4v) is 4.01. The van der Waals surface area contributed by atoms with Crippen molar-refractivity contribution in [3.05, 3.63) is 88.9 Å². The molecule has 0 aliphatic heterocycles. The summed E-state index contributed by atoms with van der Waals surface area (Å²) in [5, 5.41) is 12.6. The van der Waals surface area contributed by atoms with Crippen molar-refractivity contribution in [2.45, 2.75) is 13.0 Å². The lowest BCUT2D eigenvalue weighted by Gasteiger charge is -2.04. The summed E-state index contributed by atoms with van der Waals surface area (Å²) in [7, 11) is 0. The molecule has 28 heavy (non-hydrogen) atoms. The largest absolute Gasteiger partial charge is 0.352 e. The van der Waals surface area contributed by atoms with Crippen LogP contribution in [-0.2, 0) is 17.8 Å². The second-order valence-corrected chi connectivity index (χ2v) is 7.54. The third-order valence-corrected chi connectivity index (χ3v) is 5.42. The molecule has 0 radical (unpaired) electrons. The Morgan fingerprint density at radius 3 is 2.68 bits per heavy atom. The highest BCUT2D eigenvalue weighted by atomic mass is 32.1. The third-order valence-electron chi connectivity index (χ3n) is 4.40. The van der Waals surface area contributed by atoms with Crippen molar-refractivity contribution in [2.24, 2.45) is 0 Å². The first-order valence-electron chi connectivity index (χ1n) is 8.92. The summed E-state index contributed by atoms with van der Waals surface area (Å²) in [5.74, 6) is -0.0790. The summed E-state index contributed by atoms with van der Waals surface area (Å²) in [6.45, 7) is 0.400. The zero-order valence-electron chi connectivity index (χ0n) is 15.1. The minimum atomic E-state index is -0.0790. The summed E-state index contributed by atoms with van der Waals surface area (Å²) in [5.41, 5.74) is 4.72. The number of carbonyl (C=O) groups excluding carboxylic acids is 1. The lowest BCUT2D eigenvalue weighted by atomic mass is 10.1. The zero-order valence-corrected chi connectivity index (χ0v) is 15.9. The molecule has 0 saturated heterocycles. The number of aromatic nitrogens is 1. The van der Waals surface area contributed by atoms with Crippen LogP contribution in [0.25, 0.3) is 21.3 Å². The summed E-state index contributed by atoms with van der Waals surface area (Å²) >= 11 is 1.55. The molecule has 0 spiro atoms. The highest BCUT2D eigenvalue weighted by Gasteiger charge is 2.10. The summed E-state index contributed by atoms with van der Waals surface area (Å²) < 4.78 is 1.07. The molecule has 1 aromatic heterocycles. The number of carbonyl (C=O) groups is 1. The molecule has 4 aromatic rings. The predicted molar refractivity (Wildman–Crippen MR) is 112 cm³/mol. The Hall–Kier alpha value is -3.49. The van der Waals surface area contributed by atoms with Gasteiger partial charge < -0.3 is 5.32 Å². The zero-order chi connectivity index (χ0) is 19.3. The highest BCUT2D eigenvalue weighted by molar-refractivity contribution is 7.18. The molecule has 3 aromatic carbocycles. The van der Waals surface area contributed by atoms with Gasteiger partial charge in [-0.1, -0.05) is 48.5 Å². The highest BCUT2D eigenvalue weighted by Crippen LogP contribution is 2.28. The average Bonchev–Trinajstić information content (AvgIpc) is 3.14. The maximum absolute atomic E-state index is 12.3. The van der Waals surface area contributed by atoms with Gasteiger partial charge in [0.2, 0.25) is 5.91 Å². The summed E-state index contributed by atoms with van der Waals surface area (Å²) in [6.07, 6.45) is 0.248. The molecule has 4 rings (SSSR count). The number of nitrogens with one attached hydrogen (secondary N) is 1. The predicted octanol–water partition coefficient (Wildman–Crippen LogP) is 4.69. The van der Waals surface area contributed by atoms with Gasteiger partial charge in [-0.05, 0) is 41.0 Å². The van der Waals surface area contributed by atoms with Crippen molar-refractivity contribution in [3.8, 4) is 17.2 Å². The minimum absolute atomic E-state index is 0.0790. The van der Waals surface area contributed by atoms with Crippen LogP contribution >= 0.6 is 11.3 Å². The fourth-order valence-electron chi connectivity index (χ4n) is 3.01. The van der Waals surface area contributed by atoms with Crippen LogP contribution in [0.1, 0.15) is 16.1 Å². The third kappa shape index (κ3) is 4.08. The first-order valence-corrected chi connectivity index (χ1v) is 9.73. The van der Waals surface area contributed by atoms with E-state index in [9.17, 15) is 4.79 Å². The number of nitriles is 1. The van der Waals surface area contributed by atoms with E-state index in [2.05, 4.69) is 40.6 Å². The van der Waals surface area contributed by atoms with E-state index >= 15 is 0 Å². The SMILES string of the molecule is N#Cc1cccc(CNC(=O)Cc2nc3ccc(-c4ccccc4)cc3s2)c1. The van der Waals surface area contributed by atoms with Gasteiger partial charge in [0.15, 0.2) is 0 Å². The maximum atomic E-state index is 12.3. The van der Waals surface area contributed by atoms with Gasteiger partial charge in [-0.2, -0.15) is 5.26 Å². The normalized spacial score (nSPS) is 10.5. The number of hydrogen-bond acceptors (Lipinski definition) is 4. The molecular formula is C23H17N3OS. The summed E-state index contributed by atoms with van der Waals surface area (Å²) in [6, 6.07) is 25.7. The lowest BCUT2D eigenvalue weighted by Crippen LogP contribution is -2.24. The van der Waals surface area contributed by atoms with E-state index in [1.54, 1.807) is 23.5 Å². The van der Waals surface area contributed by atoms with Gasteiger partial charge in [-0.3, -0.25) is 4.79 Å². The van der Waals surface area contributed by atoms with Gasteiger partial charge in [0.25, 0.3) is 0 Å². The van der Waals surface area contributed by atoms with Crippen LogP contribution in [0.15, 0.2) is 72.8 Å². The van der Waals surface area contributed by atoms with E-state index < -0.39 is 0 Å². The Labute approximate surface area is 167 Å². The number of benzene rings is 3.